The average molecular weight is 242 g/mol. The van der Waals surface area contributed by atoms with E-state index in [0.717, 1.165) is 0 Å². The molecule has 0 fully saturated rings. The predicted octanol–water partition coefficient (Wildman–Crippen LogP) is 1.77. The summed E-state index contributed by atoms with van der Waals surface area (Å²) in [6.07, 6.45) is 0.256. The normalized spacial score (nSPS) is 12.1. The van der Waals surface area contributed by atoms with Crippen LogP contribution < -0.4 is 5.73 Å². The molecule has 1 atom stereocenters. The standard InChI is InChI=1S/C11H12ClNO3/c12-8-3-1-7(2-4-8)9(11(15)16)5-6-10(13)14/h1-4,9H,5-6H2,(H2,13,14)(H,15,16). The van der Waals surface area contributed by atoms with E-state index in [1.54, 1.807) is 24.3 Å². The number of carboxylic acid groups (broad SMARTS) is 1. The maximum Gasteiger partial charge on any atom is 0.310 e. The molecule has 4 nitrogen and oxygen atoms in total. The van der Waals surface area contributed by atoms with Crippen LogP contribution in [0.3, 0.4) is 0 Å². The van der Waals surface area contributed by atoms with E-state index >= 15 is 0 Å². The molecule has 1 rings (SSSR count). The Balaban J connectivity index is 2.81. The van der Waals surface area contributed by atoms with Crippen LogP contribution in [0.5, 0.6) is 0 Å². The molecule has 5 heteroatoms. The first-order valence-corrected chi connectivity index (χ1v) is 5.15. The number of carboxylic acids is 1. The second kappa shape index (κ2) is 5.51. The Morgan fingerprint density at radius 1 is 1.31 bits per heavy atom. The van der Waals surface area contributed by atoms with E-state index in [9.17, 15) is 9.59 Å². The highest BCUT2D eigenvalue weighted by atomic mass is 35.5. The first-order valence-electron chi connectivity index (χ1n) is 4.77. The van der Waals surface area contributed by atoms with Crippen LogP contribution in [0.4, 0.5) is 0 Å². The maximum atomic E-state index is 11.0. The topological polar surface area (TPSA) is 80.4 Å². The number of carbonyl (C=O) groups excluding carboxylic acids is 1. The number of nitrogens with two attached hydrogens (primary N) is 1. The van der Waals surface area contributed by atoms with E-state index in [1.807, 2.05) is 0 Å². The number of halogens is 1. The van der Waals surface area contributed by atoms with E-state index in [-0.39, 0.29) is 12.8 Å². The zero-order valence-corrected chi connectivity index (χ0v) is 9.28. The fourth-order valence-corrected chi connectivity index (χ4v) is 1.54. The van der Waals surface area contributed by atoms with Crippen molar-refractivity contribution in [3.63, 3.8) is 0 Å². The summed E-state index contributed by atoms with van der Waals surface area (Å²) in [6.45, 7) is 0. The van der Waals surface area contributed by atoms with Crippen molar-refractivity contribution in [1.29, 1.82) is 0 Å². The van der Waals surface area contributed by atoms with Crippen LogP contribution in [0, 0.1) is 0 Å². The SMILES string of the molecule is NC(=O)CCC(C(=O)O)c1ccc(Cl)cc1. The average Bonchev–Trinajstić information content (AvgIpc) is 2.20. The van der Waals surface area contributed by atoms with E-state index < -0.39 is 17.8 Å². The lowest BCUT2D eigenvalue weighted by Crippen LogP contribution is -2.16. The molecular formula is C11H12ClNO3. The highest BCUT2D eigenvalue weighted by molar-refractivity contribution is 6.30. The fraction of sp³-hybridized carbons (Fsp3) is 0.273. The quantitative estimate of drug-likeness (QED) is 0.825. The fourth-order valence-electron chi connectivity index (χ4n) is 1.41. The first kappa shape index (κ1) is 12.5. The van der Waals surface area contributed by atoms with Gasteiger partial charge in [-0.2, -0.15) is 0 Å². The summed E-state index contributed by atoms with van der Waals surface area (Å²) in [4.78, 5) is 21.6. The molecule has 0 aliphatic heterocycles. The van der Waals surface area contributed by atoms with Gasteiger partial charge < -0.3 is 10.8 Å². The van der Waals surface area contributed by atoms with Crippen molar-refractivity contribution < 1.29 is 14.7 Å². The van der Waals surface area contributed by atoms with Gasteiger partial charge in [0.1, 0.15) is 0 Å². The van der Waals surface area contributed by atoms with Crippen molar-refractivity contribution in [2.45, 2.75) is 18.8 Å². The molecule has 0 spiro atoms. The van der Waals surface area contributed by atoms with Crippen LogP contribution in [-0.2, 0) is 9.59 Å². The molecule has 0 saturated heterocycles. The van der Waals surface area contributed by atoms with E-state index in [0.29, 0.717) is 10.6 Å². The molecule has 0 aromatic heterocycles. The maximum absolute atomic E-state index is 11.0. The summed E-state index contributed by atoms with van der Waals surface area (Å²) >= 11 is 5.70. The van der Waals surface area contributed by atoms with E-state index in [4.69, 9.17) is 22.4 Å². The Labute approximate surface area is 98.0 Å². The highest BCUT2D eigenvalue weighted by Crippen LogP contribution is 2.23. The van der Waals surface area contributed by atoms with Crippen molar-refractivity contribution in [2.24, 2.45) is 5.73 Å². The van der Waals surface area contributed by atoms with E-state index in [1.165, 1.54) is 0 Å². The summed E-state index contributed by atoms with van der Waals surface area (Å²) in [7, 11) is 0. The van der Waals surface area contributed by atoms with Crippen LogP contribution in [0.2, 0.25) is 5.02 Å². The molecular weight excluding hydrogens is 230 g/mol. The number of aliphatic carboxylic acids is 1. The van der Waals surface area contributed by atoms with Gasteiger partial charge in [-0.1, -0.05) is 23.7 Å². The van der Waals surface area contributed by atoms with Crippen molar-refractivity contribution >= 4 is 23.5 Å². The minimum absolute atomic E-state index is 0.0552. The number of primary amides is 1. The van der Waals surface area contributed by atoms with Crippen molar-refractivity contribution in [2.75, 3.05) is 0 Å². The molecule has 0 saturated carbocycles. The lowest BCUT2D eigenvalue weighted by molar-refractivity contribution is -0.139. The van der Waals surface area contributed by atoms with Gasteiger partial charge in [0.15, 0.2) is 0 Å². The Bertz CT molecular complexity index is 389. The van der Waals surface area contributed by atoms with Gasteiger partial charge in [0.2, 0.25) is 5.91 Å². The molecule has 16 heavy (non-hydrogen) atoms. The molecule has 1 aromatic carbocycles. The summed E-state index contributed by atoms with van der Waals surface area (Å²) < 4.78 is 0. The molecule has 1 amide bonds. The van der Waals surface area contributed by atoms with Crippen molar-refractivity contribution in [1.82, 2.24) is 0 Å². The van der Waals surface area contributed by atoms with Crippen LogP contribution in [0.15, 0.2) is 24.3 Å². The second-order valence-electron chi connectivity index (χ2n) is 3.45. The summed E-state index contributed by atoms with van der Waals surface area (Å²) in [6, 6.07) is 6.53. The van der Waals surface area contributed by atoms with E-state index in [2.05, 4.69) is 0 Å². The smallest absolute Gasteiger partial charge is 0.310 e. The van der Waals surface area contributed by atoms with Crippen molar-refractivity contribution in [3.05, 3.63) is 34.9 Å². The Hall–Kier alpha value is -1.55. The minimum atomic E-state index is -0.969. The molecule has 86 valence electrons. The number of hydrogen-bond donors (Lipinski definition) is 2. The van der Waals surface area contributed by atoms with Gasteiger partial charge in [0.25, 0.3) is 0 Å². The molecule has 0 aliphatic rings. The minimum Gasteiger partial charge on any atom is -0.481 e. The third kappa shape index (κ3) is 3.55. The van der Waals surface area contributed by atoms with Crippen LogP contribution in [0.1, 0.15) is 24.3 Å². The Kier molecular flexibility index (Phi) is 4.31. The van der Waals surface area contributed by atoms with Gasteiger partial charge in [-0.25, -0.2) is 0 Å². The Morgan fingerprint density at radius 3 is 2.31 bits per heavy atom. The van der Waals surface area contributed by atoms with Crippen LogP contribution in [-0.4, -0.2) is 17.0 Å². The molecule has 0 heterocycles. The van der Waals surface area contributed by atoms with Crippen LogP contribution in [0.25, 0.3) is 0 Å². The molecule has 0 aliphatic carbocycles. The molecule has 1 aromatic rings. The molecule has 0 bridgehead atoms. The van der Waals surface area contributed by atoms with Gasteiger partial charge in [0.05, 0.1) is 5.92 Å². The number of amides is 1. The third-order valence-corrected chi connectivity index (χ3v) is 2.50. The number of carbonyl (C=O) groups is 2. The molecule has 3 N–H and O–H groups in total. The van der Waals surface area contributed by atoms with Gasteiger partial charge in [-0.15, -0.1) is 0 Å². The predicted molar refractivity (Wildman–Crippen MR) is 60.3 cm³/mol. The highest BCUT2D eigenvalue weighted by Gasteiger charge is 2.20. The lowest BCUT2D eigenvalue weighted by Gasteiger charge is -2.11. The number of rotatable bonds is 5. The number of hydrogen-bond acceptors (Lipinski definition) is 2. The van der Waals surface area contributed by atoms with Gasteiger partial charge in [0, 0.05) is 11.4 Å². The second-order valence-corrected chi connectivity index (χ2v) is 3.88. The Morgan fingerprint density at radius 2 is 1.88 bits per heavy atom. The summed E-state index contributed by atoms with van der Waals surface area (Å²) in [5, 5.41) is 9.57. The van der Waals surface area contributed by atoms with Gasteiger partial charge in [-0.3, -0.25) is 9.59 Å². The third-order valence-electron chi connectivity index (χ3n) is 2.25. The largest absolute Gasteiger partial charge is 0.481 e. The van der Waals surface area contributed by atoms with Gasteiger partial charge >= 0.3 is 5.97 Å². The van der Waals surface area contributed by atoms with Crippen LogP contribution >= 0.6 is 11.6 Å². The zero-order valence-electron chi connectivity index (χ0n) is 8.52. The molecule has 1 unspecified atom stereocenters. The first-order chi connectivity index (χ1) is 7.50. The number of benzene rings is 1. The molecule has 0 radical (unpaired) electrons. The summed E-state index contributed by atoms with van der Waals surface area (Å²) in [5.74, 6) is -2.19. The summed E-state index contributed by atoms with van der Waals surface area (Å²) in [5.41, 5.74) is 5.61. The lowest BCUT2D eigenvalue weighted by atomic mass is 9.94. The zero-order chi connectivity index (χ0) is 12.1. The van der Waals surface area contributed by atoms with Crippen molar-refractivity contribution in [3.8, 4) is 0 Å². The monoisotopic (exact) mass is 241 g/mol. The van der Waals surface area contributed by atoms with Gasteiger partial charge in [-0.05, 0) is 24.1 Å².